The van der Waals surface area contributed by atoms with Crippen LogP contribution in [-0.2, 0) is 16.0 Å². The lowest BCUT2D eigenvalue weighted by molar-refractivity contribution is -0.384. The Morgan fingerprint density at radius 1 is 1.32 bits per heavy atom. The molecule has 1 heterocycles. The number of nitro groups is 1. The number of hydrogen-bond donors (Lipinski definition) is 1. The highest BCUT2D eigenvalue weighted by Crippen LogP contribution is 2.29. The number of benzene rings is 1. The van der Waals surface area contributed by atoms with Crippen LogP contribution in [-0.4, -0.2) is 22.5 Å². The van der Waals surface area contributed by atoms with E-state index in [0.29, 0.717) is 19.4 Å². The minimum Gasteiger partial charge on any atom is -0.466 e. The zero-order valence-corrected chi connectivity index (χ0v) is 12.6. The van der Waals surface area contributed by atoms with E-state index < -0.39 is 4.92 Å². The smallest absolute Gasteiger partial charge is 0.306 e. The summed E-state index contributed by atoms with van der Waals surface area (Å²) in [5, 5.41) is 10.8. The molecule has 0 radical (unpaired) electrons. The Morgan fingerprint density at radius 2 is 2.09 bits per heavy atom. The number of aromatic amines is 1. The molecule has 22 heavy (non-hydrogen) atoms. The van der Waals surface area contributed by atoms with Gasteiger partial charge in [0.2, 0.25) is 0 Å². The number of esters is 1. The van der Waals surface area contributed by atoms with Crippen molar-refractivity contribution in [2.24, 2.45) is 0 Å². The minimum atomic E-state index is -0.407. The van der Waals surface area contributed by atoms with Crippen molar-refractivity contribution in [3.8, 4) is 11.1 Å². The Morgan fingerprint density at radius 3 is 2.73 bits per heavy atom. The highest BCUT2D eigenvalue weighted by atomic mass is 16.6. The van der Waals surface area contributed by atoms with Crippen LogP contribution in [0.4, 0.5) is 5.69 Å². The molecular formula is C16H18N2O4. The van der Waals surface area contributed by atoms with Crippen LogP contribution in [0.2, 0.25) is 0 Å². The molecule has 0 aliphatic heterocycles. The zero-order valence-electron chi connectivity index (χ0n) is 12.6. The molecule has 0 saturated carbocycles. The van der Waals surface area contributed by atoms with Crippen molar-refractivity contribution in [2.45, 2.75) is 26.7 Å². The maximum atomic E-state index is 11.5. The molecule has 1 aromatic heterocycles. The number of hydrogen-bond acceptors (Lipinski definition) is 4. The molecule has 6 nitrogen and oxygen atoms in total. The summed E-state index contributed by atoms with van der Waals surface area (Å²) in [7, 11) is 0. The standard InChI is InChI=1S/C16H18N2O4/c1-3-22-16(19)7-6-15-14(8-9-17-15)13-5-4-12(18(20)21)10-11(13)2/h4-5,8-10,17H,3,6-7H2,1-2H3. The first-order chi connectivity index (χ1) is 10.5. The lowest BCUT2D eigenvalue weighted by atomic mass is 9.98. The van der Waals surface area contributed by atoms with Crippen molar-refractivity contribution in [3.63, 3.8) is 0 Å². The van der Waals surface area contributed by atoms with E-state index in [1.807, 2.05) is 13.0 Å². The molecule has 0 amide bonds. The maximum Gasteiger partial charge on any atom is 0.306 e. The van der Waals surface area contributed by atoms with Crippen LogP contribution in [0.5, 0.6) is 0 Å². The summed E-state index contributed by atoms with van der Waals surface area (Å²) in [5.41, 5.74) is 3.70. The van der Waals surface area contributed by atoms with E-state index in [1.54, 1.807) is 25.3 Å². The van der Waals surface area contributed by atoms with Gasteiger partial charge < -0.3 is 9.72 Å². The van der Waals surface area contributed by atoms with Gasteiger partial charge in [-0.2, -0.15) is 0 Å². The first-order valence-electron chi connectivity index (χ1n) is 7.10. The summed E-state index contributed by atoms with van der Waals surface area (Å²) in [4.78, 5) is 25.0. The number of carbonyl (C=O) groups is 1. The van der Waals surface area contributed by atoms with Gasteiger partial charge in [-0.25, -0.2) is 0 Å². The van der Waals surface area contributed by atoms with E-state index in [1.165, 1.54) is 6.07 Å². The number of H-pyrrole nitrogens is 1. The Bertz CT molecular complexity index is 691. The average molecular weight is 302 g/mol. The lowest BCUT2D eigenvalue weighted by Crippen LogP contribution is -2.05. The van der Waals surface area contributed by atoms with Gasteiger partial charge in [0.15, 0.2) is 0 Å². The normalized spacial score (nSPS) is 10.5. The summed E-state index contributed by atoms with van der Waals surface area (Å²) in [6, 6.07) is 6.70. The third-order valence-electron chi connectivity index (χ3n) is 3.43. The SMILES string of the molecule is CCOC(=O)CCc1[nH]ccc1-c1ccc([N+](=O)[O-])cc1C. The first-order valence-corrected chi connectivity index (χ1v) is 7.10. The molecule has 0 aliphatic rings. The Labute approximate surface area is 128 Å². The Hall–Kier alpha value is -2.63. The van der Waals surface area contributed by atoms with Crippen molar-refractivity contribution in [1.29, 1.82) is 0 Å². The van der Waals surface area contributed by atoms with Gasteiger partial charge in [0.05, 0.1) is 18.0 Å². The summed E-state index contributed by atoms with van der Waals surface area (Å²) in [5.74, 6) is -0.233. The largest absolute Gasteiger partial charge is 0.466 e. The number of nitrogens with one attached hydrogen (secondary N) is 1. The number of nitro benzene ring substituents is 1. The quantitative estimate of drug-likeness (QED) is 0.503. The topological polar surface area (TPSA) is 85.2 Å². The third kappa shape index (κ3) is 3.52. The van der Waals surface area contributed by atoms with Gasteiger partial charge in [-0.3, -0.25) is 14.9 Å². The second kappa shape index (κ2) is 6.89. The summed E-state index contributed by atoms with van der Waals surface area (Å²) in [6.45, 7) is 3.99. The first kappa shape index (κ1) is 15.8. The number of nitrogens with zero attached hydrogens (tertiary/aromatic N) is 1. The number of aryl methyl sites for hydroxylation is 2. The predicted octanol–water partition coefficient (Wildman–Crippen LogP) is 3.39. The van der Waals surface area contributed by atoms with E-state index in [9.17, 15) is 14.9 Å². The third-order valence-corrected chi connectivity index (χ3v) is 3.43. The van der Waals surface area contributed by atoms with Crippen LogP contribution in [0.25, 0.3) is 11.1 Å². The highest BCUT2D eigenvalue weighted by molar-refractivity contribution is 5.73. The van der Waals surface area contributed by atoms with Crippen LogP contribution < -0.4 is 0 Å². The Kier molecular flexibility index (Phi) is 4.93. The van der Waals surface area contributed by atoms with Gasteiger partial charge in [0, 0.05) is 29.6 Å². The molecule has 0 unspecified atom stereocenters. The molecule has 2 aromatic rings. The second-order valence-corrected chi connectivity index (χ2v) is 4.93. The van der Waals surface area contributed by atoms with Crippen LogP contribution in [0.1, 0.15) is 24.6 Å². The Balaban J connectivity index is 2.22. The van der Waals surface area contributed by atoms with Gasteiger partial charge in [0.1, 0.15) is 0 Å². The number of rotatable bonds is 6. The fourth-order valence-electron chi connectivity index (χ4n) is 2.39. The van der Waals surface area contributed by atoms with E-state index in [4.69, 9.17) is 4.74 Å². The van der Waals surface area contributed by atoms with Crippen molar-refractivity contribution in [2.75, 3.05) is 6.61 Å². The average Bonchev–Trinajstić information content (AvgIpc) is 2.93. The summed E-state index contributed by atoms with van der Waals surface area (Å²) >= 11 is 0. The van der Waals surface area contributed by atoms with Crippen molar-refractivity contribution >= 4 is 11.7 Å². The summed E-state index contributed by atoms with van der Waals surface area (Å²) < 4.78 is 4.92. The molecule has 0 aliphatic carbocycles. The van der Waals surface area contributed by atoms with Crippen molar-refractivity contribution in [3.05, 3.63) is 51.8 Å². The number of ether oxygens (including phenoxy) is 1. The monoisotopic (exact) mass is 302 g/mol. The zero-order chi connectivity index (χ0) is 16.1. The molecule has 2 rings (SSSR count). The predicted molar refractivity (Wildman–Crippen MR) is 82.6 cm³/mol. The van der Waals surface area contributed by atoms with Crippen LogP contribution in [0.15, 0.2) is 30.5 Å². The van der Waals surface area contributed by atoms with Crippen LogP contribution in [0.3, 0.4) is 0 Å². The molecule has 6 heteroatoms. The number of non-ortho nitro benzene ring substituents is 1. The molecule has 0 atom stereocenters. The molecule has 0 fully saturated rings. The van der Waals surface area contributed by atoms with Gasteiger partial charge in [0.25, 0.3) is 5.69 Å². The van der Waals surface area contributed by atoms with Crippen molar-refractivity contribution in [1.82, 2.24) is 4.98 Å². The van der Waals surface area contributed by atoms with Gasteiger partial charge in [-0.15, -0.1) is 0 Å². The molecule has 116 valence electrons. The fourth-order valence-corrected chi connectivity index (χ4v) is 2.39. The lowest BCUT2D eigenvalue weighted by Gasteiger charge is -2.08. The molecule has 0 saturated heterocycles. The van der Waals surface area contributed by atoms with Crippen molar-refractivity contribution < 1.29 is 14.5 Å². The highest BCUT2D eigenvalue weighted by Gasteiger charge is 2.14. The van der Waals surface area contributed by atoms with Crippen LogP contribution in [0, 0.1) is 17.0 Å². The molecule has 1 aromatic carbocycles. The molecular weight excluding hydrogens is 284 g/mol. The van der Waals surface area contributed by atoms with Gasteiger partial charge >= 0.3 is 5.97 Å². The van der Waals surface area contributed by atoms with E-state index >= 15 is 0 Å². The summed E-state index contributed by atoms with van der Waals surface area (Å²) in [6.07, 6.45) is 2.64. The van der Waals surface area contributed by atoms with Gasteiger partial charge in [-0.1, -0.05) is 0 Å². The molecule has 1 N–H and O–H groups in total. The van der Waals surface area contributed by atoms with Crippen LogP contribution >= 0.6 is 0 Å². The van der Waals surface area contributed by atoms with Gasteiger partial charge in [-0.05, 0) is 43.5 Å². The minimum absolute atomic E-state index is 0.0739. The van der Waals surface area contributed by atoms with E-state index in [0.717, 1.165) is 22.4 Å². The number of aromatic nitrogens is 1. The fraction of sp³-hybridized carbons (Fsp3) is 0.312. The second-order valence-electron chi connectivity index (χ2n) is 4.93. The van der Waals surface area contributed by atoms with E-state index in [-0.39, 0.29) is 11.7 Å². The molecule has 0 bridgehead atoms. The van der Waals surface area contributed by atoms with E-state index in [2.05, 4.69) is 4.98 Å². The maximum absolute atomic E-state index is 11.5. The number of carbonyl (C=O) groups excluding carboxylic acids is 1. The molecule has 0 spiro atoms.